The Hall–Kier alpha value is -1.95. The first-order valence-electron chi connectivity index (χ1n) is 7.13. The minimum absolute atomic E-state index is 0. The molecule has 0 radical (unpaired) electrons. The second-order valence-corrected chi connectivity index (χ2v) is 5.37. The Balaban J connectivity index is 0.00000264. The predicted molar refractivity (Wildman–Crippen MR) is 104 cm³/mol. The maximum Gasteiger partial charge on any atom is 0.121 e. The van der Waals surface area contributed by atoms with Crippen molar-refractivity contribution >= 4 is 35.5 Å². The van der Waals surface area contributed by atoms with E-state index in [4.69, 9.17) is 22.1 Å². The average Bonchev–Trinajstić information content (AvgIpc) is 2.52. The average molecular weight is 372 g/mol. The van der Waals surface area contributed by atoms with Crippen molar-refractivity contribution in [2.75, 3.05) is 18.4 Å². The zero-order chi connectivity index (χ0) is 15.8. The van der Waals surface area contributed by atoms with Crippen LogP contribution in [-0.4, -0.2) is 30.5 Å². The fraction of sp³-hybridized carbons (Fsp3) is 0.235. The SMILES string of the molecule is CC(CN=C(N)CNc1ccccc1)Oc1cccc(Cl)c1.Cl.O. The van der Waals surface area contributed by atoms with Crippen LogP contribution in [-0.2, 0) is 0 Å². The number of halogens is 2. The standard InChI is InChI=1S/C17H20ClN3O.ClH.H2O/c1-13(22-16-9-5-6-14(18)10-16)11-21-17(19)12-20-15-7-3-2-4-8-15;;/h2-10,13,20H,11-12H2,1H3,(H2,19,21);1H;1H2. The van der Waals surface area contributed by atoms with E-state index in [1.54, 1.807) is 6.07 Å². The van der Waals surface area contributed by atoms with E-state index in [-0.39, 0.29) is 24.0 Å². The molecule has 0 saturated heterocycles. The van der Waals surface area contributed by atoms with Crippen molar-refractivity contribution in [2.45, 2.75) is 13.0 Å². The molecule has 0 spiro atoms. The molecule has 0 aliphatic rings. The van der Waals surface area contributed by atoms with Gasteiger partial charge in [0.15, 0.2) is 0 Å². The highest BCUT2D eigenvalue weighted by atomic mass is 35.5. The van der Waals surface area contributed by atoms with Gasteiger partial charge in [-0.15, -0.1) is 12.4 Å². The van der Waals surface area contributed by atoms with E-state index in [1.807, 2.05) is 55.5 Å². The lowest BCUT2D eigenvalue weighted by Crippen LogP contribution is -2.25. The number of amidine groups is 1. The molecule has 0 bridgehead atoms. The molecular weight excluding hydrogens is 349 g/mol. The van der Waals surface area contributed by atoms with Gasteiger partial charge in [-0.25, -0.2) is 0 Å². The van der Waals surface area contributed by atoms with E-state index in [1.165, 1.54) is 0 Å². The Kier molecular flexibility index (Phi) is 10.6. The smallest absolute Gasteiger partial charge is 0.121 e. The topological polar surface area (TPSA) is 91.1 Å². The van der Waals surface area contributed by atoms with Crippen molar-refractivity contribution in [2.24, 2.45) is 10.7 Å². The highest BCUT2D eigenvalue weighted by molar-refractivity contribution is 6.30. The molecule has 5 nitrogen and oxygen atoms in total. The molecule has 0 fully saturated rings. The number of benzene rings is 2. The number of rotatable bonds is 7. The molecule has 1 unspecified atom stereocenters. The number of ether oxygens (including phenoxy) is 1. The summed E-state index contributed by atoms with van der Waals surface area (Å²) in [6, 6.07) is 17.2. The van der Waals surface area contributed by atoms with Crippen molar-refractivity contribution in [3.05, 3.63) is 59.6 Å². The molecule has 0 amide bonds. The van der Waals surface area contributed by atoms with Crippen LogP contribution in [0.2, 0.25) is 5.02 Å². The number of anilines is 1. The van der Waals surface area contributed by atoms with E-state index in [9.17, 15) is 0 Å². The van der Waals surface area contributed by atoms with Crippen LogP contribution in [0.4, 0.5) is 5.69 Å². The molecule has 0 saturated carbocycles. The number of nitrogens with one attached hydrogen (secondary N) is 1. The van der Waals surface area contributed by atoms with Gasteiger partial charge < -0.3 is 21.3 Å². The highest BCUT2D eigenvalue weighted by Gasteiger charge is 2.04. The molecule has 1 atom stereocenters. The number of nitrogens with zero attached hydrogens (tertiary/aromatic N) is 1. The first-order chi connectivity index (χ1) is 10.6. The van der Waals surface area contributed by atoms with E-state index in [2.05, 4.69) is 10.3 Å². The summed E-state index contributed by atoms with van der Waals surface area (Å²) >= 11 is 5.92. The maximum atomic E-state index is 5.92. The molecule has 0 aromatic heterocycles. The highest BCUT2D eigenvalue weighted by Crippen LogP contribution is 2.18. The second kappa shape index (κ2) is 11.6. The minimum Gasteiger partial charge on any atom is -0.489 e. The zero-order valence-electron chi connectivity index (χ0n) is 13.4. The molecule has 132 valence electrons. The van der Waals surface area contributed by atoms with Gasteiger partial charge in [0.1, 0.15) is 17.7 Å². The Bertz CT molecular complexity index is 624. The monoisotopic (exact) mass is 371 g/mol. The quantitative estimate of drug-likeness (QED) is 0.578. The Labute approximate surface area is 153 Å². The van der Waals surface area contributed by atoms with Crippen LogP contribution in [0.5, 0.6) is 5.75 Å². The summed E-state index contributed by atoms with van der Waals surface area (Å²) in [5.41, 5.74) is 6.92. The van der Waals surface area contributed by atoms with E-state index in [0.29, 0.717) is 23.9 Å². The number of hydrogen-bond acceptors (Lipinski definition) is 3. The lowest BCUT2D eigenvalue weighted by Gasteiger charge is -2.13. The number of hydrogen-bond donors (Lipinski definition) is 2. The van der Waals surface area contributed by atoms with Crippen molar-refractivity contribution in [3.63, 3.8) is 0 Å². The summed E-state index contributed by atoms with van der Waals surface area (Å²) < 4.78 is 5.74. The number of nitrogens with two attached hydrogens (primary N) is 1. The molecule has 0 aliphatic heterocycles. The van der Waals surface area contributed by atoms with Crippen LogP contribution in [0.1, 0.15) is 6.92 Å². The van der Waals surface area contributed by atoms with Crippen LogP contribution in [0, 0.1) is 0 Å². The first kappa shape index (κ1) is 22.1. The molecule has 2 rings (SSSR count). The third kappa shape index (κ3) is 8.06. The molecule has 0 aliphatic carbocycles. The van der Waals surface area contributed by atoms with E-state index >= 15 is 0 Å². The summed E-state index contributed by atoms with van der Waals surface area (Å²) in [4.78, 5) is 4.33. The zero-order valence-corrected chi connectivity index (χ0v) is 15.0. The fourth-order valence-corrected chi connectivity index (χ4v) is 2.04. The van der Waals surface area contributed by atoms with Gasteiger partial charge in [-0.1, -0.05) is 35.9 Å². The molecular formula is C17H23Cl2N3O2. The van der Waals surface area contributed by atoms with Gasteiger partial charge in [0, 0.05) is 10.7 Å². The van der Waals surface area contributed by atoms with E-state index < -0.39 is 0 Å². The lowest BCUT2D eigenvalue weighted by molar-refractivity contribution is 0.230. The summed E-state index contributed by atoms with van der Waals surface area (Å²) in [5.74, 6) is 1.28. The summed E-state index contributed by atoms with van der Waals surface area (Å²) in [5, 5.41) is 3.86. The molecule has 2 aromatic carbocycles. The molecule has 5 N–H and O–H groups in total. The van der Waals surface area contributed by atoms with Gasteiger partial charge in [-0.3, -0.25) is 4.99 Å². The van der Waals surface area contributed by atoms with Crippen molar-refractivity contribution in [1.82, 2.24) is 0 Å². The Morgan fingerprint density at radius 3 is 2.58 bits per heavy atom. The third-order valence-electron chi connectivity index (χ3n) is 2.93. The van der Waals surface area contributed by atoms with Gasteiger partial charge in [0.2, 0.25) is 0 Å². The first-order valence-corrected chi connectivity index (χ1v) is 7.51. The van der Waals surface area contributed by atoms with Crippen LogP contribution in [0.15, 0.2) is 59.6 Å². The Morgan fingerprint density at radius 2 is 1.92 bits per heavy atom. The molecule has 7 heteroatoms. The summed E-state index contributed by atoms with van der Waals surface area (Å²) in [6.45, 7) is 2.95. The number of aliphatic imine (C=N–C) groups is 1. The number of para-hydroxylation sites is 1. The fourth-order valence-electron chi connectivity index (χ4n) is 1.86. The van der Waals surface area contributed by atoms with Gasteiger partial charge in [-0.05, 0) is 37.3 Å². The van der Waals surface area contributed by atoms with Gasteiger partial charge in [0.25, 0.3) is 0 Å². The van der Waals surface area contributed by atoms with Gasteiger partial charge >= 0.3 is 0 Å². The lowest BCUT2D eigenvalue weighted by atomic mass is 10.3. The largest absolute Gasteiger partial charge is 0.489 e. The van der Waals surface area contributed by atoms with Crippen LogP contribution in [0.25, 0.3) is 0 Å². The van der Waals surface area contributed by atoms with E-state index in [0.717, 1.165) is 11.4 Å². The molecule has 0 heterocycles. The third-order valence-corrected chi connectivity index (χ3v) is 3.17. The van der Waals surface area contributed by atoms with Gasteiger partial charge in [0.05, 0.1) is 13.1 Å². The molecule has 24 heavy (non-hydrogen) atoms. The Morgan fingerprint density at radius 1 is 1.21 bits per heavy atom. The van der Waals surface area contributed by atoms with Crippen LogP contribution < -0.4 is 15.8 Å². The maximum absolute atomic E-state index is 5.92. The van der Waals surface area contributed by atoms with Crippen molar-refractivity contribution < 1.29 is 10.2 Å². The predicted octanol–water partition coefficient (Wildman–Crippen LogP) is 3.17. The molecule has 2 aromatic rings. The normalized spacial score (nSPS) is 11.7. The summed E-state index contributed by atoms with van der Waals surface area (Å²) in [7, 11) is 0. The summed E-state index contributed by atoms with van der Waals surface area (Å²) in [6.07, 6.45) is -0.0752. The minimum atomic E-state index is -0.0752. The van der Waals surface area contributed by atoms with Crippen LogP contribution in [0.3, 0.4) is 0 Å². The second-order valence-electron chi connectivity index (χ2n) is 4.94. The van der Waals surface area contributed by atoms with Crippen molar-refractivity contribution in [1.29, 1.82) is 0 Å². The van der Waals surface area contributed by atoms with Crippen molar-refractivity contribution in [3.8, 4) is 5.75 Å². The van der Waals surface area contributed by atoms with Gasteiger partial charge in [-0.2, -0.15) is 0 Å². The van der Waals surface area contributed by atoms with Crippen LogP contribution >= 0.6 is 24.0 Å².